The van der Waals surface area contributed by atoms with Gasteiger partial charge in [-0.3, -0.25) is 14.7 Å². The molecule has 3 aromatic rings. The number of piperidine rings is 1. The number of likely N-dealkylation sites (tertiary alicyclic amines) is 1. The smallest absolute Gasteiger partial charge is 0.255 e. The molecule has 0 bridgehead atoms. The second kappa shape index (κ2) is 7.30. The molecule has 26 heavy (non-hydrogen) atoms. The van der Waals surface area contributed by atoms with Crippen LogP contribution < -0.4 is 10.3 Å². The summed E-state index contributed by atoms with van der Waals surface area (Å²) in [5.74, 6) is 0.885. The Bertz CT molecular complexity index is 944. The molecule has 0 atom stereocenters. The molecule has 3 heterocycles. The van der Waals surface area contributed by atoms with Crippen LogP contribution in [0.5, 0.6) is 5.75 Å². The zero-order valence-electron chi connectivity index (χ0n) is 14.9. The number of ether oxygens (including phenoxy) is 1. The standard InChI is InChI=1S/C21H23N3O2/c1-15-12-19-17(4-9-23-21(19)25)13-20(15)26-18-5-10-24(11-6-18)14-16-2-7-22-8-3-16/h2-4,7-9,12-13,18H,5-6,10-11,14H2,1H3,(H,23,25). The molecule has 0 radical (unpaired) electrons. The maximum absolute atomic E-state index is 11.9. The molecule has 0 amide bonds. The van der Waals surface area contributed by atoms with Gasteiger partial charge in [0.25, 0.3) is 5.56 Å². The summed E-state index contributed by atoms with van der Waals surface area (Å²) in [6.07, 6.45) is 7.62. The van der Waals surface area contributed by atoms with E-state index >= 15 is 0 Å². The summed E-state index contributed by atoms with van der Waals surface area (Å²) >= 11 is 0. The van der Waals surface area contributed by atoms with E-state index in [-0.39, 0.29) is 11.7 Å². The third-order valence-corrected chi connectivity index (χ3v) is 5.05. The van der Waals surface area contributed by atoms with Crippen molar-refractivity contribution in [3.8, 4) is 5.75 Å². The Labute approximate surface area is 152 Å². The van der Waals surface area contributed by atoms with Gasteiger partial charge in [0.05, 0.1) is 0 Å². The van der Waals surface area contributed by atoms with Crippen LogP contribution >= 0.6 is 0 Å². The minimum absolute atomic E-state index is 0.0541. The van der Waals surface area contributed by atoms with E-state index < -0.39 is 0 Å². The van der Waals surface area contributed by atoms with E-state index in [2.05, 4.69) is 27.0 Å². The summed E-state index contributed by atoms with van der Waals surface area (Å²) in [4.78, 5) is 21.2. The predicted molar refractivity (Wildman–Crippen MR) is 102 cm³/mol. The zero-order valence-corrected chi connectivity index (χ0v) is 14.9. The molecule has 1 N–H and O–H groups in total. The van der Waals surface area contributed by atoms with Gasteiger partial charge < -0.3 is 9.72 Å². The SMILES string of the molecule is Cc1cc2c(=O)[nH]ccc2cc1OC1CCN(Cc2ccncc2)CC1. The maximum Gasteiger partial charge on any atom is 0.255 e. The van der Waals surface area contributed by atoms with E-state index in [1.54, 1.807) is 6.20 Å². The van der Waals surface area contributed by atoms with E-state index in [4.69, 9.17) is 4.74 Å². The average Bonchev–Trinajstić information content (AvgIpc) is 2.66. The number of benzene rings is 1. The van der Waals surface area contributed by atoms with E-state index in [0.717, 1.165) is 49.2 Å². The van der Waals surface area contributed by atoms with Gasteiger partial charge in [0, 0.05) is 43.6 Å². The third-order valence-electron chi connectivity index (χ3n) is 5.05. The van der Waals surface area contributed by atoms with Crippen LogP contribution in [0, 0.1) is 6.92 Å². The Morgan fingerprint density at radius 3 is 2.73 bits per heavy atom. The van der Waals surface area contributed by atoms with Gasteiger partial charge in [0.15, 0.2) is 0 Å². The first-order chi connectivity index (χ1) is 12.7. The summed E-state index contributed by atoms with van der Waals surface area (Å²) in [5.41, 5.74) is 2.25. The molecule has 1 saturated heterocycles. The molecular formula is C21H23N3O2. The number of rotatable bonds is 4. The fourth-order valence-electron chi connectivity index (χ4n) is 3.56. The van der Waals surface area contributed by atoms with Gasteiger partial charge in [-0.25, -0.2) is 0 Å². The molecule has 0 saturated carbocycles. The number of hydrogen-bond donors (Lipinski definition) is 1. The van der Waals surface area contributed by atoms with E-state index in [0.29, 0.717) is 5.39 Å². The van der Waals surface area contributed by atoms with Crippen molar-refractivity contribution in [1.82, 2.24) is 14.9 Å². The molecule has 1 aliphatic rings. The molecule has 0 unspecified atom stereocenters. The normalized spacial score (nSPS) is 16.0. The van der Waals surface area contributed by atoms with Crippen molar-refractivity contribution in [3.05, 3.63) is 70.4 Å². The van der Waals surface area contributed by atoms with Gasteiger partial charge in [0.1, 0.15) is 11.9 Å². The quantitative estimate of drug-likeness (QED) is 0.785. The monoisotopic (exact) mass is 349 g/mol. The molecule has 0 spiro atoms. The average molecular weight is 349 g/mol. The number of pyridine rings is 2. The highest BCUT2D eigenvalue weighted by Crippen LogP contribution is 2.27. The lowest BCUT2D eigenvalue weighted by molar-refractivity contribution is 0.0963. The summed E-state index contributed by atoms with van der Waals surface area (Å²) < 4.78 is 6.28. The van der Waals surface area contributed by atoms with Crippen molar-refractivity contribution in [3.63, 3.8) is 0 Å². The Morgan fingerprint density at radius 2 is 1.96 bits per heavy atom. The minimum atomic E-state index is -0.0541. The molecule has 4 rings (SSSR count). The molecule has 1 fully saturated rings. The lowest BCUT2D eigenvalue weighted by atomic mass is 10.1. The highest BCUT2D eigenvalue weighted by atomic mass is 16.5. The highest BCUT2D eigenvalue weighted by Gasteiger charge is 2.21. The number of aromatic nitrogens is 2. The first kappa shape index (κ1) is 16.8. The van der Waals surface area contributed by atoms with Crippen molar-refractivity contribution in [2.45, 2.75) is 32.4 Å². The molecule has 5 heteroatoms. The summed E-state index contributed by atoms with van der Waals surface area (Å²) in [7, 11) is 0. The van der Waals surface area contributed by atoms with Crippen molar-refractivity contribution < 1.29 is 4.74 Å². The van der Waals surface area contributed by atoms with Gasteiger partial charge in [-0.05, 0) is 66.6 Å². The molecule has 2 aromatic heterocycles. The van der Waals surface area contributed by atoms with Crippen LogP contribution in [0.2, 0.25) is 0 Å². The van der Waals surface area contributed by atoms with Crippen LogP contribution in [0.15, 0.2) is 53.7 Å². The summed E-state index contributed by atoms with van der Waals surface area (Å²) in [5, 5.41) is 1.63. The maximum atomic E-state index is 11.9. The van der Waals surface area contributed by atoms with E-state index in [9.17, 15) is 4.79 Å². The van der Waals surface area contributed by atoms with Gasteiger partial charge >= 0.3 is 0 Å². The van der Waals surface area contributed by atoms with Gasteiger partial charge in [0.2, 0.25) is 0 Å². The first-order valence-electron chi connectivity index (χ1n) is 9.09. The first-order valence-corrected chi connectivity index (χ1v) is 9.09. The number of H-pyrrole nitrogens is 1. The van der Waals surface area contributed by atoms with Crippen LogP contribution in [0.3, 0.4) is 0 Å². The van der Waals surface area contributed by atoms with Crippen molar-refractivity contribution in [1.29, 1.82) is 0 Å². The zero-order chi connectivity index (χ0) is 17.9. The number of hydrogen-bond acceptors (Lipinski definition) is 4. The number of aromatic amines is 1. The number of aryl methyl sites for hydroxylation is 1. The lowest BCUT2D eigenvalue weighted by Gasteiger charge is -2.32. The molecule has 134 valence electrons. The van der Waals surface area contributed by atoms with Crippen molar-refractivity contribution in [2.75, 3.05) is 13.1 Å². The van der Waals surface area contributed by atoms with Crippen molar-refractivity contribution in [2.24, 2.45) is 0 Å². The van der Waals surface area contributed by atoms with E-state index in [1.165, 1.54) is 5.56 Å². The second-order valence-corrected chi connectivity index (χ2v) is 6.96. The Kier molecular flexibility index (Phi) is 4.71. The molecule has 5 nitrogen and oxygen atoms in total. The fourth-order valence-corrected chi connectivity index (χ4v) is 3.56. The molecule has 1 aliphatic heterocycles. The lowest BCUT2D eigenvalue weighted by Crippen LogP contribution is -2.37. The predicted octanol–water partition coefficient (Wildman–Crippen LogP) is 3.27. The van der Waals surface area contributed by atoms with Gasteiger partial charge in [-0.15, -0.1) is 0 Å². The third kappa shape index (κ3) is 3.63. The molecule has 0 aliphatic carbocycles. The van der Waals surface area contributed by atoms with E-state index in [1.807, 2.05) is 37.5 Å². The fraction of sp³-hybridized carbons (Fsp3) is 0.333. The number of nitrogens with one attached hydrogen (secondary N) is 1. The number of fused-ring (bicyclic) bond motifs is 1. The van der Waals surface area contributed by atoms with Crippen LogP contribution in [0.4, 0.5) is 0 Å². The Morgan fingerprint density at radius 1 is 1.19 bits per heavy atom. The largest absolute Gasteiger partial charge is 0.490 e. The van der Waals surface area contributed by atoms with Gasteiger partial charge in [-0.1, -0.05) is 0 Å². The van der Waals surface area contributed by atoms with Crippen LogP contribution in [0.25, 0.3) is 10.8 Å². The van der Waals surface area contributed by atoms with Crippen LogP contribution in [0.1, 0.15) is 24.0 Å². The summed E-state index contributed by atoms with van der Waals surface area (Å²) in [6.45, 7) is 5.02. The molecule has 1 aromatic carbocycles. The Balaban J connectivity index is 1.41. The van der Waals surface area contributed by atoms with Crippen molar-refractivity contribution >= 4 is 10.8 Å². The molecular weight excluding hydrogens is 326 g/mol. The number of nitrogens with zero attached hydrogens (tertiary/aromatic N) is 2. The topological polar surface area (TPSA) is 58.2 Å². The van der Waals surface area contributed by atoms with Crippen LogP contribution in [-0.2, 0) is 6.54 Å². The minimum Gasteiger partial charge on any atom is -0.490 e. The Hall–Kier alpha value is -2.66. The summed E-state index contributed by atoms with van der Waals surface area (Å²) in [6, 6.07) is 9.97. The van der Waals surface area contributed by atoms with Gasteiger partial charge in [-0.2, -0.15) is 0 Å². The second-order valence-electron chi connectivity index (χ2n) is 6.96. The van der Waals surface area contributed by atoms with Crippen LogP contribution in [-0.4, -0.2) is 34.1 Å². The highest BCUT2D eigenvalue weighted by molar-refractivity contribution is 5.83.